The molecule has 1 aliphatic rings. The lowest BCUT2D eigenvalue weighted by Gasteiger charge is -2.15. The van der Waals surface area contributed by atoms with Crippen LogP contribution in [0, 0.1) is 0 Å². The molecule has 0 bridgehead atoms. The fourth-order valence-corrected chi connectivity index (χ4v) is 2.41. The van der Waals surface area contributed by atoms with Crippen LogP contribution < -0.4 is 20.1 Å². The van der Waals surface area contributed by atoms with Crippen LogP contribution >= 0.6 is 12.2 Å². The third-order valence-corrected chi connectivity index (χ3v) is 3.48. The molecule has 0 amide bonds. The van der Waals surface area contributed by atoms with Gasteiger partial charge >= 0.3 is 0 Å². The van der Waals surface area contributed by atoms with Gasteiger partial charge in [0, 0.05) is 24.9 Å². The Labute approximate surface area is 131 Å². The highest BCUT2D eigenvalue weighted by Gasteiger charge is 2.15. The number of anilines is 1. The summed E-state index contributed by atoms with van der Waals surface area (Å²) in [5, 5.41) is 6.89. The van der Waals surface area contributed by atoms with Crippen molar-refractivity contribution in [2.45, 2.75) is 25.9 Å². The summed E-state index contributed by atoms with van der Waals surface area (Å²) in [7, 11) is 1.62. The zero-order valence-corrected chi connectivity index (χ0v) is 13.3. The second-order valence-electron chi connectivity index (χ2n) is 4.77. The van der Waals surface area contributed by atoms with Crippen molar-refractivity contribution < 1.29 is 14.2 Å². The molecule has 2 N–H and O–H groups in total. The normalized spacial score (nSPS) is 17.3. The third kappa shape index (κ3) is 4.75. The van der Waals surface area contributed by atoms with Crippen LogP contribution in [0.15, 0.2) is 18.2 Å². The van der Waals surface area contributed by atoms with Gasteiger partial charge in [0.2, 0.25) is 0 Å². The van der Waals surface area contributed by atoms with Crippen molar-refractivity contribution in [3.63, 3.8) is 0 Å². The van der Waals surface area contributed by atoms with Gasteiger partial charge in [0.05, 0.1) is 19.8 Å². The predicted molar refractivity (Wildman–Crippen MR) is 87.4 cm³/mol. The topological polar surface area (TPSA) is 51.8 Å². The lowest BCUT2D eigenvalue weighted by atomic mass is 10.2. The van der Waals surface area contributed by atoms with Crippen LogP contribution in [0.2, 0.25) is 0 Å². The number of methoxy groups -OCH3 is 1. The standard InChI is InChI=1S/C15H22N2O3S/c1-3-19-13-7-6-11(9-14(13)18-2)17-15(21)16-10-12-5-4-8-20-12/h6-7,9,12H,3-5,8,10H2,1-2H3,(H2,16,17,21)/t12-/m1/s1. The Bertz CT molecular complexity index is 476. The van der Waals surface area contributed by atoms with Gasteiger partial charge in [0.1, 0.15) is 0 Å². The van der Waals surface area contributed by atoms with Gasteiger partial charge in [-0.25, -0.2) is 0 Å². The van der Waals surface area contributed by atoms with Gasteiger partial charge in [-0.15, -0.1) is 0 Å². The molecule has 6 heteroatoms. The smallest absolute Gasteiger partial charge is 0.170 e. The number of hydrogen-bond donors (Lipinski definition) is 2. The highest BCUT2D eigenvalue weighted by atomic mass is 32.1. The lowest BCUT2D eigenvalue weighted by Crippen LogP contribution is -2.34. The minimum Gasteiger partial charge on any atom is -0.493 e. The van der Waals surface area contributed by atoms with Gasteiger partial charge in [-0.05, 0) is 44.1 Å². The van der Waals surface area contributed by atoms with E-state index < -0.39 is 0 Å². The summed E-state index contributed by atoms with van der Waals surface area (Å²) in [6, 6.07) is 5.64. The quantitative estimate of drug-likeness (QED) is 0.788. The van der Waals surface area contributed by atoms with E-state index in [-0.39, 0.29) is 6.10 Å². The third-order valence-electron chi connectivity index (χ3n) is 3.24. The van der Waals surface area contributed by atoms with Crippen molar-refractivity contribution in [2.75, 3.05) is 32.2 Å². The maximum atomic E-state index is 5.55. The summed E-state index contributed by atoms with van der Waals surface area (Å²) in [6.07, 6.45) is 2.48. The zero-order chi connectivity index (χ0) is 15.1. The molecule has 5 nitrogen and oxygen atoms in total. The van der Waals surface area contributed by atoms with Crippen molar-refractivity contribution >= 4 is 23.0 Å². The van der Waals surface area contributed by atoms with Crippen molar-refractivity contribution in [1.82, 2.24) is 5.32 Å². The lowest BCUT2D eigenvalue weighted by molar-refractivity contribution is 0.114. The van der Waals surface area contributed by atoms with E-state index in [1.165, 1.54) is 0 Å². The highest BCUT2D eigenvalue weighted by molar-refractivity contribution is 7.80. The van der Waals surface area contributed by atoms with E-state index >= 15 is 0 Å². The Morgan fingerprint density at radius 3 is 2.95 bits per heavy atom. The molecule has 1 aliphatic heterocycles. The van der Waals surface area contributed by atoms with E-state index in [1.807, 2.05) is 25.1 Å². The van der Waals surface area contributed by atoms with Crippen LogP contribution in [-0.2, 0) is 4.74 Å². The Kier molecular flexibility index (Phi) is 6.07. The van der Waals surface area contributed by atoms with E-state index in [0.717, 1.165) is 37.4 Å². The average molecular weight is 310 g/mol. The molecule has 0 radical (unpaired) electrons. The fraction of sp³-hybridized carbons (Fsp3) is 0.533. The first kappa shape index (κ1) is 15.9. The van der Waals surface area contributed by atoms with Gasteiger partial charge < -0.3 is 24.8 Å². The molecule has 0 aliphatic carbocycles. The van der Waals surface area contributed by atoms with Crippen LogP contribution in [0.5, 0.6) is 11.5 Å². The molecule has 0 unspecified atom stereocenters. The number of benzene rings is 1. The van der Waals surface area contributed by atoms with Crippen LogP contribution in [0.4, 0.5) is 5.69 Å². The van der Waals surface area contributed by atoms with Crippen molar-refractivity contribution in [1.29, 1.82) is 0 Å². The summed E-state index contributed by atoms with van der Waals surface area (Å²) in [6.45, 7) is 4.13. The van der Waals surface area contributed by atoms with Gasteiger partial charge in [-0.1, -0.05) is 0 Å². The minimum absolute atomic E-state index is 0.264. The SMILES string of the molecule is CCOc1ccc(NC(=S)NC[C@H]2CCCO2)cc1OC. The monoisotopic (exact) mass is 310 g/mol. The van der Waals surface area contributed by atoms with Gasteiger partial charge in [0.25, 0.3) is 0 Å². The van der Waals surface area contributed by atoms with E-state index in [0.29, 0.717) is 17.5 Å². The summed E-state index contributed by atoms with van der Waals surface area (Å²) in [5.41, 5.74) is 0.861. The molecule has 1 aromatic carbocycles. The number of hydrogen-bond acceptors (Lipinski definition) is 4. The van der Waals surface area contributed by atoms with Crippen molar-refractivity contribution in [2.24, 2.45) is 0 Å². The van der Waals surface area contributed by atoms with E-state index in [2.05, 4.69) is 10.6 Å². The summed E-state index contributed by atoms with van der Waals surface area (Å²) < 4.78 is 16.3. The first-order chi connectivity index (χ1) is 10.2. The molecule has 0 saturated carbocycles. The Morgan fingerprint density at radius 2 is 2.29 bits per heavy atom. The average Bonchev–Trinajstić information content (AvgIpc) is 3.00. The molecule has 21 heavy (non-hydrogen) atoms. The van der Waals surface area contributed by atoms with Crippen molar-refractivity contribution in [3.8, 4) is 11.5 Å². The first-order valence-electron chi connectivity index (χ1n) is 7.20. The number of nitrogens with one attached hydrogen (secondary N) is 2. The molecular weight excluding hydrogens is 288 g/mol. The van der Waals surface area contributed by atoms with Crippen LogP contribution in [0.1, 0.15) is 19.8 Å². The van der Waals surface area contributed by atoms with Crippen LogP contribution in [0.3, 0.4) is 0 Å². The van der Waals surface area contributed by atoms with Crippen LogP contribution in [-0.4, -0.2) is 38.1 Å². The highest BCUT2D eigenvalue weighted by Crippen LogP contribution is 2.30. The molecule has 1 heterocycles. The summed E-state index contributed by atoms with van der Waals surface area (Å²) in [4.78, 5) is 0. The van der Waals surface area contributed by atoms with Crippen molar-refractivity contribution in [3.05, 3.63) is 18.2 Å². The van der Waals surface area contributed by atoms with Gasteiger partial charge in [0.15, 0.2) is 16.6 Å². The fourth-order valence-electron chi connectivity index (χ4n) is 2.21. The molecule has 1 fully saturated rings. The summed E-state index contributed by atoms with van der Waals surface area (Å²) >= 11 is 5.28. The second-order valence-corrected chi connectivity index (χ2v) is 5.18. The van der Waals surface area contributed by atoms with Gasteiger partial charge in [-0.3, -0.25) is 0 Å². The van der Waals surface area contributed by atoms with Crippen LogP contribution in [0.25, 0.3) is 0 Å². The second kappa shape index (κ2) is 8.05. The molecule has 116 valence electrons. The van der Waals surface area contributed by atoms with Gasteiger partial charge in [-0.2, -0.15) is 0 Å². The number of ether oxygens (including phenoxy) is 3. The molecule has 1 aromatic rings. The molecule has 0 spiro atoms. The molecular formula is C15H22N2O3S. The first-order valence-corrected chi connectivity index (χ1v) is 7.61. The maximum Gasteiger partial charge on any atom is 0.170 e. The van der Waals surface area contributed by atoms with E-state index in [9.17, 15) is 0 Å². The molecule has 2 rings (SSSR count). The molecule has 1 saturated heterocycles. The number of rotatable bonds is 6. The zero-order valence-electron chi connectivity index (χ0n) is 12.5. The molecule has 1 atom stereocenters. The molecule has 0 aromatic heterocycles. The Balaban J connectivity index is 1.87. The Morgan fingerprint density at radius 1 is 1.43 bits per heavy atom. The maximum absolute atomic E-state index is 5.55. The van der Waals surface area contributed by atoms with E-state index in [4.69, 9.17) is 26.4 Å². The Hall–Kier alpha value is -1.53. The van der Waals surface area contributed by atoms with E-state index in [1.54, 1.807) is 7.11 Å². The predicted octanol–water partition coefficient (Wildman–Crippen LogP) is 2.56. The minimum atomic E-state index is 0.264. The number of thiocarbonyl (C=S) groups is 1. The largest absolute Gasteiger partial charge is 0.493 e. The summed E-state index contributed by atoms with van der Waals surface area (Å²) in [5.74, 6) is 1.41.